The van der Waals surface area contributed by atoms with Gasteiger partial charge in [-0.15, -0.1) is 0 Å². The van der Waals surface area contributed by atoms with Crippen LogP contribution in [-0.4, -0.2) is 44.5 Å². The summed E-state index contributed by atoms with van der Waals surface area (Å²) in [4.78, 5) is 26.9. The predicted molar refractivity (Wildman–Crippen MR) is 99.0 cm³/mol. The summed E-state index contributed by atoms with van der Waals surface area (Å²) in [6.07, 6.45) is 2.92. The molecule has 2 unspecified atom stereocenters. The third-order valence-corrected chi connectivity index (χ3v) is 4.65. The molecule has 1 saturated heterocycles. The standard InChI is InChI=1S/C20H29NO5/c1-5-16(20(23)24-4)21(19-14(2)9-8-10-15(19)3)17(22)13-26-18-11-6-7-12-25-18/h8-10,16,18H,5-7,11-13H2,1-4H3. The van der Waals surface area contributed by atoms with E-state index in [1.165, 1.54) is 12.0 Å². The third kappa shape index (κ3) is 4.83. The summed E-state index contributed by atoms with van der Waals surface area (Å²) in [5.41, 5.74) is 2.59. The Kier molecular flexibility index (Phi) is 7.60. The number of benzene rings is 1. The van der Waals surface area contributed by atoms with E-state index in [2.05, 4.69) is 0 Å². The van der Waals surface area contributed by atoms with Crippen molar-refractivity contribution in [2.45, 2.75) is 58.8 Å². The van der Waals surface area contributed by atoms with Gasteiger partial charge in [0.1, 0.15) is 12.6 Å². The summed E-state index contributed by atoms with van der Waals surface area (Å²) >= 11 is 0. The highest BCUT2D eigenvalue weighted by atomic mass is 16.7. The van der Waals surface area contributed by atoms with Crippen LogP contribution in [0.25, 0.3) is 0 Å². The Bertz CT molecular complexity index is 604. The maximum Gasteiger partial charge on any atom is 0.328 e. The molecule has 1 amide bonds. The van der Waals surface area contributed by atoms with Crippen LogP contribution in [0, 0.1) is 13.8 Å². The first-order valence-electron chi connectivity index (χ1n) is 9.18. The maximum absolute atomic E-state index is 13.0. The molecule has 1 aromatic carbocycles. The van der Waals surface area contributed by atoms with E-state index >= 15 is 0 Å². The fourth-order valence-corrected chi connectivity index (χ4v) is 3.31. The van der Waals surface area contributed by atoms with E-state index < -0.39 is 12.0 Å². The molecule has 0 spiro atoms. The molecule has 26 heavy (non-hydrogen) atoms. The highest BCUT2D eigenvalue weighted by Crippen LogP contribution is 2.28. The highest BCUT2D eigenvalue weighted by Gasteiger charge is 2.33. The molecule has 0 saturated carbocycles. The van der Waals surface area contributed by atoms with Crippen molar-refractivity contribution in [3.63, 3.8) is 0 Å². The van der Waals surface area contributed by atoms with Crippen molar-refractivity contribution in [1.82, 2.24) is 0 Å². The number of methoxy groups -OCH3 is 1. The molecule has 1 aromatic rings. The number of aryl methyl sites for hydroxylation is 2. The Balaban J connectivity index is 2.27. The van der Waals surface area contributed by atoms with Crippen LogP contribution in [0.3, 0.4) is 0 Å². The van der Waals surface area contributed by atoms with Gasteiger partial charge in [-0.1, -0.05) is 25.1 Å². The molecule has 2 rings (SSSR count). The molecule has 2 atom stereocenters. The smallest absolute Gasteiger partial charge is 0.328 e. The van der Waals surface area contributed by atoms with Crippen LogP contribution in [0.2, 0.25) is 0 Å². The predicted octanol–water partition coefficient (Wildman–Crippen LogP) is 3.13. The van der Waals surface area contributed by atoms with Crippen molar-refractivity contribution in [2.24, 2.45) is 0 Å². The van der Waals surface area contributed by atoms with Crippen molar-refractivity contribution >= 4 is 17.6 Å². The minimum absolute atomic E-state index is 0.133. The zero-order valence-corrected chi connectivity index (χ0v) is 16.1. The molecule has 0 N–H and O–H groups in total. The molecule has 0 radical (unpaired) electrons. The van der Waals surface area contributed by atoms with Crippen molar-refractivity contribution in [2.75, 3.05) is 25.2 Å². The number of esters is 1. The second-order valence-electron chi connectivity index (χ2n) is 6.56. The Morgan fingerprint density at radius 2 is 1.96 bits per heavy atom. The molecular weight excluding hydrogens is 334 g/mol. The van der Waals surface area contributed by atoms with E-state index in [4.69, 9.17) is 14.2 Å². The van der Waals surface area contributed by atoms with Gasteiger partial charge in [0, 0.05) is 6.61 Å². The van der Waals surface area contributed by atoms with Crippen LogP contribution in [0.4, 0.5) is 5.69 Å². The van der Waals surface area contributed by atoms with Gasteiger partial charge in [-0.05, 0) is 50.7 Å². The number of rotatable bonds is 7. The number of ether oxygens (including phenoxy) is 3. The second-order valence-corrected chi connectivity index (χ2v) is 6.56. The third-order valence-electron chi connectivity index (χ3n) is 4.65. The second kappa shape index (κ2) is 9.69. The number of nitrogens with zero attached hydrogens (tertiary/aromatic N) is 1. The minimum Gasteiger partial charge on any atom is -0.467 e. The Labute approximate surface area is 155 Å². The van der Waals surface area contributed by atoms with Gasteiger partial charge < -0.3 is 14.2 Å². The van der Waals surface area contributed by atoms with E-state index in [-0.39, 0.29) is 18.8 Å². The molecular formula is C20H29NO5. The fourth-order valence-electron chi connectivity index (χ4n) is 3.31. The lowest BCUT2D eigenvalue weighted by molar-refractivity contribution is -0.169. The van der Waals surface area contributed by atoms with Crippen molar-refractivity contribution in [3.8, 4) is 0 Å². The summed E-state index contributed by atoms with van der Waals surface area (Å²) < 4.78 is 16.1. The van der Waals surface area contributed by atoms with Crippen LogP contribution in [0.1, 0.15) is 43.7 Å². The number of hydrogen-bond acceptors (Lipinski definition) is 5. The average molecular weight is 363 g/mol. The van der Waals surface area contributed by atoms with Gasteiger partial charge in [0.25, 0.3) is 5.91 Å². The van der Waals surface area contributed by atoms with Crippen LogP contribution in [0.15, 0.2) is 18.2 Å². The minimum atomic E-state index is -0.692. The average Bonchev–Trinajstić information content (AvgIpc) is 2.65. The maximum atomic E-state index is 13.0. The molecule has 144 valence electrons. The molecule has 6 nitrogen and oxygen atoms in total. The van der Waals surface area contributed by atoms with E-state index in [0.29, 0.717) is 13.0 Å². The first-order chi connectivity index (χ1) is 12.5. The molecule has 0 aromatic heterocycles. The fraction of sp³-hybridized carbons (Fsp3) is 0.600. The Morgan fingerprint density at radius 3 is 2.50 bits per heavy atom. The molecule has 6 heteroatoms. The van der Waals surface area contributed by atoms with Gasteiger partial charge in [-0.25, -0.2) is 4.79 Å². The zero-order valence-electron chi connectivity index (χ0n) is 16.1. The van der Waals surface area contributed by atoms with Crippen LogP contribution in [-0.2, 0) is 23.8 Å². The lowest BCUT2D eigenvalue weighted by Gasteiger charge is -2.32. The van der Waals surface area contributed by atoms with E-state index in [1.807, 2.05) is 39.0 Å². The molecule has 0 bridgehead atoms. The van der Waals surface area contributed by atoms with E-state index in [1.54, 1.807) is 0 Å². The quantitative estimate of drug-likeness (QED) is 0.697. The topological polar surface area (TPSA) is 65.1 Å². The van der Waals surface area contributed by atoms with Crippen LogP contribution in [0.5, 0.6) is 0 Å². The SMILES string of the molecule is CCC(C(=O)OC)N(C(=O)COC1CCCCO1)c1c(C)cccc1C. The molecule has 1 aliphatic heterocycles. The Morgan fingerprint density at radius 1 is 1.27 bits per heavy atom. The molecule has 1 heterocycles. The molecule has 0 aliphatic carbocycles. The monoisotopic (exact) mass is 363 g/mol. The van der Waals surface area contributed by atoms with Crippen LogP contribution < -0.4 is 4.90 Å². The highest BCUT2D eigenvalue weighted by molar-refractivity contribution is 6.01. The summed E-state index contributed by atoms with van der Waals surface area (Å²) in [5, 5.41) is 0. The van der Waals surface area contributed by atoms with Crippen molar-refractivity contribution in [3.05, 3.63) is 29.3 Å². The van der Waals surface area contributed by atoms with E-state index in [0.717, 1.165) is 36.1 Å². The van der Waals surface area contributed by atoms with Gasteiger partial charge in [-0.2, -0.15) is 0 Å². The lowest BCUT2D eigenvalue weighted by Crippen LogP contribution is -2.48. The van der Waals surface area contributed by atoms with Gasteiger partial charge in [0.05, 0.1) is 12.8 Å². The normalized spacial score (nSPS) is 18.2. The van der Waals surface area contributed by atoms with Crippen molar-refractivity contribution < 1.29 is 23.8 Å². The number of hydrogen-bond donors (Lipinski definition) is 0. The van der Waals surface area contributed by atoms with Crippen molar-refractivity contribution in [1.29, 1.82) is 0 Å². The molecule has 1 fully saturated rings. The van der Waals surface area contributed by atoms with Gasteiger partial charge in [-0.3, -0.25) is 9.69 Å². The van der Waals surface area contributed by atoms with Gasteiger partial charge >= 0.3 is 5.97 Å². The lowest BCUT2D eigenvalue weighted by atomic mass is 10.0. The first-order valence-corrected chi connectivity index (χ1v) is 9.18. The van der Waals surface area contributed by atoms with E-state index in [9.17, 15) is 9.59 Å². The first kappa shape index (κ1) is 20.4. The summed E-state index contributed by atoms with van der Waals surface area (Å²) in [5.74, 6) is -0.703. The summed E-state index contributed by atoms with van der Waals surface area (Å²) in [7, 11) is 1.34. The molecule has 1 aliphatic rings. The number of amides is 1. The Hall–Kier alpha value is -1.92. The van der Waals surface area contributed by atoms with Crippen LogP contribution >= 0.6 is 0 Å². The zero-order chi connectivity index (χ0) is 19.1. The van der Waals surface area contributed by atoms with Gasteiger partial charge in [0.15, 0.2) is 6.29 Å². The number of anilines is 1. The number of carbonyl (C=O) groups excluding carboxylic acids is 2. The summed E-state index contributed by atoms with van der Waals surface area (Å²) in [6, 6.07) is 5.10. The summed E-state index contributed by atoms with van der Waals surface area (Å²) in [6.45, 7) is 6.24. The van der Waals surface area contributed by atoms with Gasteiger partial charge in [0.2, 0.25) is 0 Å². The largest absolute Gasteiger partial charge is 0.467 e. The number of carbonyl (C=O) groups is 2. The number of para-hydroxylation sites is 1.